The first-order valence-electron chi connectivity index (χ1n) is 6.88. The number of fused-ring (bicyclic) bond motifs is 1. The molecular formula is C15H24N2O. The predicted octanol–water partition coefficient (Wildman–Crippen LogP) is 2.70. The van der Waals surface area contributed by atoms with E-state index in [4.69, 9.17) is 10.6 Å². The monoisotopic (exact) mass is 248 g/mol. The molecule has 18 heavy (non-hydrogen) atoms. The van der Waals surface area contributed by atoms with Gasteiger partial charge in [0, 0.05) is 13.6 Å². The average molecular weight is 248 g/mol. The second-order valence-corrected chi connectivity index (χ2v) is 5.34. The van der Waals surface area contributed by atoms with Gasteiger partial charge in [0.2, 0.25) is 0 Å². The van der Waals surface area contributed by atoms with E-state index >= 15 is 0 Å². The summed E-state index contributed by atoms with van der Waals surface area (Å²) in [6, 6.07) is 6.56. The molecule has 2 rings (SSSR count). The van der Waals surface area contributed by atoms with Crippen LogP contribution in [0, 0.1) is 0 Å². The Hall–Kier alpha value is -1.06. The smallest absolute Gasteiger partial charge is 0.119 e. The van der Waals surface area contributed by atoms with Crippen LogP contribution in [0.1, 0.15) is 43.2 Å². The fourth-order valence-electron chi connectivity index (χ4n) is 2.63. The molecule has 0 saturated heterocycles. The molecular weight excluding hydrogens is 224 g/mol. The Morgan fingerprint density at radius 3 is 3.06 bits per heavy atom. The van der Waals surface area contributed by atoms with Gasteiger partial charge in [0.25, 0.3) is 0 Å². The van der Waals surface area contributed by atoms with Gasteiger partial charge >= 0.3 is 0 Å². The Kier molecular flexibility index (Phi) is 4.61. The number of benzene rings is 1. The highest BCUT2D eigenvalue weighted by molar-refractivity contribution is 5.39. The topological polar surface area (TPSA) is 38.5 Å². The Morgan fingerprint density at radius 1 is 1.44 bits per heavy atom. The second-order valence-electron chi connectivity index (χ2n) is 5.34. The van der Waals surface area contributed by atoms with Crippen LogP contribution in [-0.4, -0.2) is 25.2 Å². The lowest BCUT2D eigenvalue weighted by atomic mass is 9.84. The molecule has 1 aromatic carbocycles. The standard InChI is InChI=1S/C15H24N2O/c1-12-5-3-6-13-11-14(7-8-15(12)13)18-10-4-9-17(2)16/h7-8,11-12H,3-6,9-10,16H2,1-2H3. The number of hydrogen-bond donors (Lipinski definition) is 1. The third-order valence-electron chi connectivity index (χ3n) is 3.65. The van der Waals surface area contributed by atoms with Gasteiger partial charge in [0.15, 0.2) is 0 Å². The van der Waals surface area contributed by atoms with Crippen molar-refractivity contribution in [3.05, 3.63) is 29.3 Å². The van der Waals surface area contributed by atoms with Gasteiger partial charge in [-0.2, -0.15) is 0 Å². The number of aryl methyl sites for hydroxylation is 1. The van der Waals surface area contributed by atoms with E-state index in [1.54, 1.807) is 5.01 Å². The molecule has 0 saturated carbocycles. The lowest BCUT2D eigenvalue weighted by molar-refractivity contribution is 0.266. The summed E-state index contributed by atoms with van der Waals surface area (Å²) in [5.74, 6) is 7.26. The Morgan fingerprint density at radius 2 is 2.28 bits per heavy atom. The number of hydrogen-bond acceptors (Lipinski definition) is 3. The number of hydrazine groups is 1. The van der Waals surface area contributed by atoms with Gasteiger partial charge in [-0.3, -0.25) is 10.9 Å². The normalized spacial score (nSPS) is 18.8. The third kappa shape index (κ3) is 3.47. The number of nitrogens with zero attached hydrogens (tertiary/aromatic N) is 1. The number of ether oxygens (including phenoxy) is 1. The molecule has 0 aromatic heterocycles. The van der Waals surface area contributed by atoms with Crippen LogP contribution in [0.4, 0.5) is 0 Å². The van der Waals surface area contributed by atoms with Gasteiger partial charge in [0.1, 0.15) is 5.75 Å². The van der Waals surface area contributed by atoms with Crippen LogP contribution in [0.3, 0.4) is 0 Å². The lowest BCUT2D eigenvalue weighted by Crippen LogP contribution is -2.27. The third-order valence-corrected chi connectivity index (χ3v) is 3.65. The molecule has 1 aliphatic rings. The van der Waals surface area contributed by atoms with Crippen molar-refractivity contribution in [2.75, 3.05) is 20.2 Å². The molecule has 0 radical (unpaired) electrons. The van der Waals surface area contributed by atoms with Crippen molar-refractivity contribution in [1.82, 2.24) is 5.01 Å². The van der Waals surface area contributed by atoms with Crippen molar-refractivity contribution in [3.63, 3.8) is 0 Å². The fraction of sp³-hybridized carbons (Fsp3) is 0.600. The molecule has 0 heterocycles. The van der Waals surface area contributed by atoms with Crippen LogP contribution in [0.5, 0.6) is 5.75 Å². The van der Waals surface area contributed by atoms with Crippen molar-refractivity contribution in [2.45, 2.75) is 38.5 Å². The van der Waals surface area contributed by atoms with E-state index < -0.39 is 0 Å². The highest BCUT2D eigenvalue weighted by atomic mass is 16.5. The number of nitrogens with two attached hydrogens (primary N) is 1. The van der Waals surface area contributed by atoms with Crippen LogP contribution in [0.25, 0.3) is 0 Å². The van der Waals surface area contributed by atoms with Crippen molar-refractivity contribution in [2.24, 2.45) is 5.84 Å². The highest BCUT2D eigenvalue weighted by Gasteiger charge is 2.16. The minimum atomic E-state index is 0.702. The lowest BCUT2D eigenvalue weighted by Gasteiger charge is -2.22. The van der Waals surface area contributed by atoms with E-state index in [1.165, 1.54) is 30.4 Å². The van der Waals surface area contributed by atoms with Gasteiger partial charge in [0.05, 0.1) is 6.61 Å². The first-order valence-corrected chi connectivity index (χ1v) is 6.88. The van der Waals surface area contributed by atoms with Crippen LogP contribution >= 0.6 is 0 Å². The zero-order valence-electron chi connectivity index (χ0n) is 11.5. The summed E-state index contributed by atoms with van der Waals surface area (Å²) in [5, 5.41) is 1.69. The summed E-state index contributed by atoms with van der Waals surface area (Å²) in [6.45, 7) is 3.91. The summed E-state index contributed by atoms with van der Waals surface area (Å²) in [4.78, 5) is 0. The SMILES string of the molecule is CC1CCCc2cc(OCCCN(C)N)ccc21. The zero-order valence-corrected chi connectivity index (χ0v) is 11.5. The summed E-state index contributed by atoms with van der Waals surface area (Å²) < 4.78 is 5.78. The molecule has 1 atom stereocenters. The largest absolute Gasteiger partial charge is 0.494 e. The Balaban J connectivity index is 1.90. The molecule has 3 heteroatoms. The van der Waals surface area contributed by atoms with Crippen molar-refractivity contribution in [1.29, 1.82) is 0 Å². The van der Waals surface area contributed by atoms with Crippen molar-refractivity contribution in [3.8, 4) is 5.75 Å². The second kappa shape index (κ2) is 6.21. The molecule has 3 nitrogen and oxygen atoms in total. The van der Waals surface area contributed by atoms with Crippen LogP contribution in [0.2, 0.25) is 0 Å². The van der Waals surface area contributed by atoms with Gasteiger partial charge in [-0.1, -0.05) is 13.0 Å². The molecule has 0 fully saturated rings. The van der Waals surface area contributed by atoms with Gasteiger partial charge in [-0.15, -0.1) is 0 Å². The van der Waals surface area contributed by atoms with Gasteiger partial charge in [-0.25, -0.2) is 0 Å². The Bertz CT molecular complexity index is 390. The van der Waals surface area contributed by atoms with E-state index in [0.717, 1.165) is 25.3 Å². The maximum absolute atomic E-state index is 5.78. The molecule has 2 N–H and O–H groups in total. The maximum Gasteiger partial charge on any atom is 0.119 e. The molecule has 0 bridgehead atoms. The van der Waals surface area contributed by atoms with Crippen LogP contribution in [0.15, 0.2) is 18.2 Å². The maximum atomic E-state index is 5.78. The van der Waals surface area contributed by atoms with E-state index in [2.05, 4.69) is 25.1 Å². The van der Waals surface area contributed by atoms with Crippen LogP contribution < -0.4 is 10.6 Å². The summed E-state index contributed by atoms with van der Waals surface area (Å²) in [5.41, 5.74) is 2.98. The quantitative estimate of drug-likeness (QED) is 0.494. The molecule has 0 aliphatic heterocycles. The summed E-state index contributed by atoms with van der Waals surface area (Å²) in [6.07, 6.45) is 4.77. The average Bonchev–Trinajstić information content (AvgIpc) is 2.35. The molecule has 0 amide bonds. The van der Waals surface area contributed by atoms with Crippen molar-refractivity contribution < 1.29 is 4.74 Å². The summed E-state index contributed by atoms with van der Waals surface area (Å²) >= 11 is 0. The molecule has 1 aliphatic carbocycles. The van der Waals surface area contributed by atoms with E-state index in [-0.39, 0.29) is 0 Å². The number of rotatable bonds is 5. The first kappa shape index (κ1) is 13.4. The molecule has 0 spiro atoms. The van der Waals surface area contributed by atoms with Crippen molar-refractivity contribution >= 4 is 0 Å². The highest BCUT2D eigenvalue weighted by Crippen LogP contribution is 2.33. The van der Waals surface area contributed by atoms with Crippen LogP contribution in [-0.2, 0) is 6.42 Å². The summed E-state index contributed by atoms with van der Waals surface area (Å²) in [7, 11) is 1.88. The minimum Gasteiger partial charge on any atom is -0.494 e. The predicted molar refractivity (Wildman–Crippen MR) is 74.7 cm³/mol. The molecule has 100 valence electrons. The molecule has 1 unspecified atom stereocenters. The minimum absolute atomic E-state index is 0.702. The van der Waals surface area contributed by atoms with E-state index in [1.807, 2.05) is 7.05 Å². The molecule has 1 aromatic rings. The van der Waals surface area contributed by atoms with Gasteiger partial charge < -0.3 is 4.74 Å². The van der Waals surface area contributed by atoms with E-state index in [0.29, 0.717) is 5.92 Å². The zero-order chi connectivity index (χ0) is 13.0. The van der Waals surface area contributed by atoms with Gasteiger partial charge in [-0.05, 0) is 54.9 Å². The first-order chi connectivity index (χ1) is 8.66. The Labute approximate surface area is 110 Å². The fourth-order valence-corrected chi connectivity index (χ4v) is 2.63. The van der Waals surface area contributed by atoms with E-state index in [9.17, 15) is 0 Å².